The Balaban J connectivity index is 1.97. The van der Waals surface area contributed by atoms with Gasteiger partial charge in [-0.25, -0.2) is 5.43 Å². The maximum absolute atomic E-state index is 12.8. The van der Waals surface area contributed by atoms with Crippen LogP contribution in [0.4, 0.5) is 18.9 Å². The van der Waals surface area contributed by atoms with Crippen LogP contribution in [0.15, 0.2) is 41.5 Å². The Bertz CT molecular complexity index is 1030. The zero-order chi connectivity index (χ0) is 24.6. The SMILES string of the molecule is CCOc1cc(C=NNC(=O)CC(=O)Nc2cccc(C(F)(F)F)c2)cc(I)c1OC(C)C. The standard InChI is InChI=1S/C22H23F3IN3O4/c1-4-32-18-9-14(8-17(26)21(18)33-13(2)3)12-27-29-20(31)11-19(30)28-16-7-5-6-15(10-16)22(23,24)25/h5-10,12-13H,4,11H2,1-3H3,(H,28,30)(H,29,31). The number of nitrogens with one attached hydrogen (secondary N) is 2. The quantitative estimate of drug-likeness (QED) is 0.191. The van der Waals surface area contributed by atoms with Crippen molar-refractivity contribution in [2.75, 3.05) is 11.9 Å². The summed E-state index contributed by atoms with van der Waals surface area (Å²) in [5.74, 6) is -0.355. The summed E-state index contributed by atoms with van der Waals surface area (Å²) in [5, 5.41) is 6.09. The molecular formula is C22H23F3IN3O4. The van der Waals surface area contributed by atoms with Crippen molar-refractivity contribution in [3.05, 3.63) is 51.1 Å². The lowest BCUT2D eigenvalue weighted by Crippen LogP contribution is -2.24. The molecule has 0 atom stereocenters. The van der Waals surface area contributed by atoms with Gasteiger partial charge in [-0.05, 0) is 79.3 Å². The van der Waals surface area contributed by atoms with E-state index in [2.05, 4.69) is 38.4 Å². The lowest BCUT2D eigenvalue weighted by Gasteiger charge is -2.16. The lowest BCUT2D eigenvalue weighted by atomic mass is 10.2. The molecule has 33 heavy (non-hydrogen) atoms. The zero-order valence-electron chi connectivity index (χ0n) is 18.1. The number of carbonyl (C=O) groups is 2. The normalized spacial score (nSPS) is 11.5. The van der Waals surface area contributed by atoms with Gasteiger partial charge in [-0.2, -0.15) is 18.3 Å². The highest BCUT2D eigenvalue weighted by atomic mass is 127. The average Bonchev–Trinajstić information content (AvgIpc) is 2.70. The largest absolute Gasteiger partial charge is 0.490 e. The molecule has 0 saturated heterocycles. The van der Waals surface area contributed by atoms with Crippen LogP contribution in [-0.4, -0.2) is 30.7 Å². The molecule has 0 aliphatic rings. The van der Waals surface area contributed by atoms with Gasteiger partial charge in [0.05, 0.1) is 28.1 Å². The van der Waals surface area contributed by atoms with Crippen molar-refractivity contribution < 1.29 is 32.2 Å². The smallest absolute Gasteiger partial charge is 0.416 e. The molecular weight excluding hydrogens is 554 g/mol. The summed E-state index contributed by atoms with van der Waals surface area (Å²) in [5.41, 5.74) is 1.88. The molecule has 0 saturated carbocycles. The van der Waals surface area contributed by atoms with Crippen molar-refractivity contribution in [2.24, 2.45) is 5.10 Å². The fraction of sp³-hybridized carbons (Fsp3) is 0.318. The van der Waals surface area contributed by atoms with Crippen LogP contribution in [0.1, 0.15) is 38.3 Å². The molecule has 2 N–H and O–H groups in total. The van der Waals surface area contributed by atoms with Gasteiger partial charge in [0.15, 0.2) is 11.5 Å². The van der Waals surface area contributed by atoms with Gasteiger partial charge in [0, 0.05) is 5.69 Å². The van der Waals surface area contributed by atoms with E-state index >= 15 is 0 Å². The number of anilines is 1. The Hall–Kier alpha value is -2.83. The summed E-state index contributed by atoms with van der Waals surface area (Å²) in [7, 11) is 0. The van der Waals surface area contributed by atoms with Crippen LogP contribution >= 0.6 is 22.6 Å². The minimum Gasteiger partial charge on any atom is -0.490 e. The molecule has 0 aliphatic heterocycles. The molecule has 0 fully saturated rings. The molecule has 2 aromatic rings. The van der Waals surface area contributed by atoms with Gasteiger partial charge in [-0.3, -0.25) is 9.59 Å². The van der Waals surface area contributed by atoms with Gasteiger partial charge in [-0.1, -0.05) is 6.07 Å². The van der Waals surface area contributed by atoms with E-state index < -0.39 is 30.0 Å². The fourth-order valence-electron chi connectivity index (χ4n) is 2.62. The Labute approximate surface area is 202 Å². The molecule has 0 spiro atoms. The summed E-state index contributed by atoms with van der Waals surface area (Å²) in [6, 6.07) is 7.64. The number of ether oxygens (including phenoxy) is 2. The predicted molar refractivity (Wildman–Crippen MR) is 127 cm³/mol. The average molecular weight is 577 g/mol. The summed E-state index contributed by atoms with van der Waals surface area (Å²) < 4.78 is 50.5. The first-order chi connectivity index (χ1) is 15.5. The van der Waals surface area contributed by atoms with Gasteiger partial charge in [-0.15, -0.1) is 0 Å². The third-order valence-electron chi connectivity index (χ3n) is 3.88. The van der Waals surface area contributed by atoms with Crippen molar-refractivity contribution in [2.45, 2.75) is 39.5 Å². The topological polar surface area (TPSA) is 89.0 Å². The van der Waals surface area contributed by atoms with Crippen LogP contribution in [0.25, 0.3) is 0 Å². The number of benzene rings is 2. The van der Waals surface area contributed by atoms with Crippen LogP contribution in [-0.2, 0) is 15.8 Å². The molecule has 0 aromatic heterocycles. The predicted octanol–water partition coefficient (Wildman–Crippen LogP) is 4.97. The van der Waals surface area contributed by atoms with Crippen molar-refractivity contribution in [3.63, 3.8) is 0 Å². The first-order valence-corrected chi connectivity index (χ1v) is 11.0. The highest BCUT2D eigenvalue weighted by Crippen LogP contribution is 2.34. The van der Waals surface area contributed by atoms with Gasteiger partial charge < -0.3 is 14.8 Å². The van der Waals surface area contributed by atoms with Crippen molar-refractivity contribution >= 4 is 46.3 Å². The first kappa shape index (κ1) is 26.4. The van der Waals surface area contributed by atoms with Gasteiger partial charge in [0.1, 0.15) is 6.42 Å². The monoisotopic (exact) mass is 577 g/mol. The molecule has 2 amide bonds. The van der Waals surface area contributed by atoms with E-state index in [1.807, 2.05) is 20.8 Å². The van der Waals surface area contributed by atoms with Crippen LogP contribution in [0, 0.1) is 3.57 Å². The number of halogens is 4. The second-order valence-electron chi connectivity index (χ2n) is 7.03. The first-order valence-electron chi connectivity index (χ1n) is 9.91. The molecule has 7 nitrogen and oxygen atoms in total. The van der Waals surface area contributed by atoms with E-state index in [-0.39, 0.29) is 11.8 Å². The van der Waals surface area contributed by atoms with E-state index in [9.17, 15) is 22.8 Å². The van der Waals surface area contributed by atoms with Crippen molar-refractivity contribution in [3.8, 4) is 11.5 Å². The molecule has 178 valence electrons. The van der Waals surface area contributed by atoms with Crippen LogP contribution in [0.3, 0.4) is 0 Å². The maximum Gasteiger partial charge on any atom is 0.416 e. The number of alkyl halides is 3. The minimum absolute atomic E-state index is 0.0430. The van der Waals surface area contributed by atoms with E-state index in [0.29, 0.717) is 23.7 Å². The highest BCUT2D eigenvalue weighted by Gasteiger charge is 2.30. The number of hydrazone groups is 1. The lowest BCUT2D eigenvalue weighted by molar-refractivity contribution is -0.137. The Morgan fingerprint density at radius 1 is 1.18 bits per heavy atom. The third-order valence-corrected chi connectivity index (χ3v) is 4.68. The molecule has 0 aliphatic carbocycles. The number of nitrogens with zero attached hydrogens (tertiary/aromatic N) is 1. The molecule has 0 heterocycles. The number of hydrogen-bond donors (Lipinski definition) is 2. The van der Waals surface area contributed by atoms with Gasteiger partial charge in [0.2, 0.25) is 11.8 Å². The Morgan fingerprint density at radius 3 is 2.55 bits per heavy atom. The number of amides is 2. The molecule has 11 heteroatoms. The zero-order valence-corrected chi connectivity index (χ0v) is 20.3. The van der Waals surface area contributed by atoms with E-state index in [1.165, 1.54) is 12.3 Å². The van der Waals surface area contributed by atoms with Gasteiger partial charge >= 0.3 is 6.18 Å². The molecule has 2 rings (SSSR count). The molecule has 0 bridgehead atoms. The summed E-state index contributed by atoms with van der Waals surface area (Å²) in [4.78, 5) is 23.9. The Morgan fingerprint density at radius 2 is 1.91 bits per heavy atom. The van der Waals surface area contributed by atoms with Crippen molar-refractivity contribution in [1.82, 2.24) is 5.43 Å². The fourth-order valence-corrected chi connectivity index (χ4v) is 3.37. The van der Waals surface area contributed by atoms with E-state index in [4.69, 9.17) is 9.47 Å². The molecule has 0 radical (unpaired) electrons. The third kappa shape index (κ3) is 8.56. The van der Waals surface area contributed by atoms with Crippen molar-refractivity contribution in [1.29, 1.82) is 0 Å². The number of carbonyl (C=O) groups excluding carboxylic acids is 2. The summed E-state index contributed by atoms with van der Waals surface area (Å²) >= 11 is 2.11. The van der Waals surface area contributed by atoms with Crippen LogP contribution in [0.2, 0.25) is 0 Å². The second kappa shape index (κ2) is 11.9. The number of hydrogen-bond acceptors (Lipinski definition) is 5. The minimum atomic E-state index is -4.54. The molecule has 0 unspecified atom stereocenters. The maximum atomic E-state index is 12.8. The van der Waals surface area contributed by atoms with E-state index in [0.717, 1.165) is 21.8 Å². The van der Waals surface area contributed by atoms with Crippen LogP contribution < -0.4 is 20.2 Å². The van der Waals surface area contributed by atoms with E-state index in [1.54, 1.807) is 12.1 Å². The summed E-state index contributed by atoms with van der Waals surface area (Å²) in [6.45, 7) is 6.08. The summed E-state index contributed by atoms with van der Waals surface area (Å²) in [6.07, 6.45) is -3.81. The van der Waals surface area contributed by atoms with Gasteiger partial charge in [0.25, 0.3) is 0 Å². The number of rotatable bonds is 9. The molecule has 2 aromatic carbocycles. The Kier molecular flexibility index (Phi) is 9.50. The highest BCUT2D eigenvalue weighted by molar-refractivity contribution is 14.1. The second-order valence-corrected chi connectivity index (χ2v) is 8.19. The van der Waals surface area contributed by atoms with Crippen LogP contribution in [0.5, 0.6) is 11.5 Å².